The predicted molar refractivity (Wildman–Crippen MR) is 151 cm³/mol. The van der Waals surface area contributed by atoms with Gasteiger partial charge in [0.05, 0.1) is 38.4 Å². The first-order valence-corrected chi connectivity index (χ1v) is 13.9. The van der Waals surface area contributed by atoms with Crippen molar-refractivity contribution in [2.45, 2.75) is 36.6 Å². The number of anilines is 1. The van der Waals surface area contributed by atoms with Gasteiger partial charge in [0.15, 0.2) is 0 Å². The molecule has 0 fully saturated rings. The number of fused-ring (bicyclic) bond motifs is 2. The van der Waals surface area contributed by atoms with Gasteiger partial charge in [0, 0.05) is 17.1 Å². The molecule has 0 radical (unpaired) electrons. The highest BCUT2D eigenvalue weighted by atomic mass is 35.5. The van der Waals surface area contributed by atoms with E-state index in [2.05, 4.69) is 11.4 Å². The molecule has 2 amide bonds. The van der Waals surface area contributed by atoms with E-state index in [9.17, 15) is 13.8 Å². The van der Waals surface area contributed by atoms with Crippen LogP contribution in [0, 0.1) is 13.8 Å². The largest absolute Gasteiger partial charge is 0.352 e. The average molecular weight is 543 g/mol. The summed E-state index contributed by atoms with van der Waals surface area (Å²) >= 11 is 5.96. The molecule has 5 rings (SSSR count). The highest BCUT2D eigenvalue weighted by Crippen LogP contribution is 2.36. The third-order valence-electron chi connectivity index (χ3n) is 6.72. The summed E-state index contributed by atoms with van der Waals surface area (Å²) in [7, 11) is -1.58. The van der Waals surface area contributed by atoms with E-state index in [4.69, 9.17) is 11.6 Å². The van der Waals surface area contributed by atoms with Gasteiger partial charge in [-0.25, -0.2) is 4.21 Å². The maximum absolute atomic E-state index is 13.9. The van der Waals surface area contributed by atoms with Gasteiger partial charge in [0.2, 0.25) is 0 Å². The lowest BCUT2D eigenvalue weighted by molar-refractivity contribution is 0.0950. The van der Waals surface area contributed by atoms with Gasteiger partial charge in [-0.1, -0.05) is 59.6 Å². The summed E-state index contributed by atoms with van der Waals surface area (Å²) < 4.78 is 13.6. The molecule has 0 unspecified atom stereocenters. The van der Waals surface area contributed by atoms with E-state index in [1.54, 1.807) is 47.4 Å². The van der Waals surface area contributed by atoms with Gasteiger partial charge in [0.1, 0.15) is 0 Å². The summed E-state index contributed by atoms with van der Waals surface area (Å²) in [6.07, 6.45) is 0.657. The van der Waals surface area contributed by atoms with Crippen molar-refractivity contribution in [3.63, 3.8) is 0 Å². The van der Waals surface area contributed by atoms with Gasteiger partial charge in [-0.15, -0.1) is 0 Å². The van der Waals surface area contributed by atoms with Gasteiger partial charge in [-0.05, 0) is 79.4 Å². The van der Waals surface area contributed by atoms with Gasteiger partial charge in [-0.2, -0.15) is 0 Å². The Hall–Kier alpha value is -3.74. The van der Waals surface area contributed by atoms with E-state index >= 15 is 0 Å². The fraction of sp³-hybridized carbons (Fsp3) is 0.161. The summed E-state index contributed by atoms with van der Waals surface area (Å²) in [4.78, 5) is 29.6. The zero-order valence-corrected chi connectivity index (χ0v) is 22.7. The van der Waals surface area contributed by atoms with Crippen LogP contribution in [-0.2, 0) is 23.8 Å². The predicted octanol–water partition coefficient (Wildman–Crippen LogP) is 6.26. The molecule has 0 saturated heterocycles. The van der Waals surface area contributed by atoms with Crippen LogP contribution in [0.2, 0.25) is 5.02 Å². The smallest absolute Gasteiger partial charge is 0.259 e. The fourth-order valence-electron chi connectivity index (χ4n) is 4.58. The molecule has 192 valence electrons. The number of carbonyl (C=O) groups excluding carboxylic acids is 2. The summed E-state index contributed by atoms with van der Waals surface area (Å²) in [6, 6.07) is 25.7. The number of amides is 2. The van der Waals surface area contributed by atoms with Crippen LogP contribution in [-0.4, -0.2) is 22.6 Å². The Labute approximate surface area is 229 Å². The van der Waals surface area contributed by atoms with E-state index in [-0.39, 0.29) is 11.8 Å². The van der Waals surface area contributed by atoms with Gasteiger partial charge < -0.3 is 10.2 Å². The van der Waals surface area contributed by atoms with E-state index in [0.717, 1.165) is 22.3 Å². The Morgan fingerprint density at radius 1 is 0.921 bits per heavy atom. The van der Waals surface area contributed by atoms with Crippen molar-refractivity contribution in [1.29, 1.82) is 0 Å². The Kier molecular flexibility index (Phi) is 7.45. The monoisotopic (exact) mass is 542 g/mol. The topological polar surface area (TPSA) is 66.5 Å². The van der Waals surface area contributed by atoms with Crippen LogP contribution in [0.4, 0.5) is 5.69 Å². The van der Waals surface area contributed by atoms with Crippen LogP contribution in [0.25, 0.3) is 0 Å². The number of benzene rings is 4. The van der Waals surface area contributed by atoms with Crippen LogP contribution in [0.3, 0.4) is 0 Å². The molecule has 0 aliphatic carbocycles. The fourth-order valence-corrected chi connectivity index (χ4v) is 6.05. The minimum atomic E-state index is -1.58. The molecular weight excluding hydrogens is 516 g/mol. The number of nitrogens with one attached hydrogen (secondary N) is 1. The highest BCUT2D eigenvalue weighted by molar-refractivity contribution is 7.85. The summed E-state index contributed by atoms with van der Waals surface area (Å²) in [5.74, 6) is -0.498. The van der Waals surface area contributed by atoms with Crippen molar-refractivity contribution < 1.29 is 13.8 Å². The number of carbonyl (C=O) groups is 2. The first-order chi connectivity index (χ1) is 18.3. The van der Waals surface area contributed by atoms with E-state index in [0.29, 0.717) is 51.1 Å². The summed E-state index contributed by atoms with van der Waals surface area (Å²) in [5.41, 5.74) is 5.49. The van der Waals surface area contributed by atoms with Crippen LogP contribution in [0.1, 0.15) is 43.0 Å². The molecule has 1 N–H and O–H groups in total. The zero-order chi connectivity index (χ0) is 26.8. The first kappa shape index (κ1) is 25.9. The van der Waals surface area contributed by atoms with E-state index in [1.807, 2.05) is 50.2 Å². The van der Waals surface area contributed by atoms with Gasteiger partial charge >= 0.3 is 0 Å². The maximum Gasteiger partial charge on any atom is 0.259 e. The third kappa shape index (κ3) is 5.28. The molecule has 0 bridgehead atoms. The van der Waals surface area contributed by atoms with Gasteiger partial charge in [-0.3, -0.25) is 9.59 Å². The van der Waals surface area contributed by atoms with Crippen molar-refractivity contribution in [1.82, 2.24) is 5.32 Å². The molecule has 1 heterocycles. The van der Waals surface area contributed by atoms with Gasteiger partial charge in [0.25, 0.3) is 11.8 Å². The van der Waals surface area contributed by atoms with E-state index in [1.165, 1.54) is 0 Å². The zero-order valence-electron chi connectivity index (χ0n) is 21.2. The van der Waals surface area contributed by atoms with Crippen molar-refractivity contribution in [3.05, 3.63) is 123 Å². The lowest BCUT2D eigenvalue weighted by Crippen LogP contribution is -2.31. The van der Waals surface area contributed by atoms with Crippen LogP contribution in [0.15, 0.2) is 94.7 Å². The van der Waals surface area contributed by atoms with Crippen LogP contribution >= 0.6 is 11.6 Å². The summed E-state index contributed by atoms with van der Waals surface area (Å²) in [5, 5.41) is 3.62. The maximum atomic E-state index is 13.9. The molecule has 4 aromatic carbocycles. The minimum absolute atomic E-state index is 0.242. The normalized spacial score (nSPS) is 14.4. The standard InChI is InChI=1S/C31H27ClN2O3S/c1-20-7-8-21(2)24(17-20)19-34-27-18-23(30(35)33-16-15-22-9-12-25(32)13-10-22)11-14-29(27)38(37)28-6-4-3-5-26(28)31(34)36/h3-14,17-18H,15-16,19H2,1-2H3,(H,33,35)/t38-/m0/s1. The number of hydrogen-bond acceptors (Lipinski definition) is 3. The molecule has 0 aromatic heterocycles. The van der Waals surface area contributed by atoms with Crippen molar-refractivity contribution in [2.24, 2.45) is 0 Å². The molecule has 5 nitrogen and oxygen atoms in total. The Morgan fingerprint density at radius 2 is 1.68 bits per heavy atom. The third-order valence-corrected chi connectivity index (χ3v) is 8.47. The quantitative estimate of drug-likeness (QED) is 0.313. The average Bonchev–Trinajstić information content (AvgIpc) is 3.01. The highest BCUT2D eigenvalue weighted by Gasteiger charge is 2.31. The Bertz CT molecular complexity index is 1570. The van der Waals surface area contributed by atoms with Crippen molar-refractivity contribution in [3.8, 4) is 0 Å². The van der Waals surface area contributed by atoms with Crippen LogP contribution < -0.4 is 10.2 Å². The Balaban J connectivity index is 1.49. The SMILES string of the molecule is Cc1ccc(C)c(CN2C(=O)c3ccccc3[S@](=O)c3ccc(C(=O)NCCc4ccc(Cl)cc4)cc32)c1. The second-order valence-corrected chi connectivity index (χ2v) is 11.3. The van der Waals surface area contributed by atoms with Crippen molar-refractivity contribution >= 4 is 39.9 Å². The number of nitrogens with zero attached hydrogens (tertiary/aromatic N) is 1. The lowest BCUT2D eigenvalue weighted by Gasteiger charge is -2.24. The molecule has 38 heavy (non-hydrogen) atoms. The minimum Gasteiger partial charge on any atom is -0.352 e. The first-order valence-electron chi connectivity index (χ1n) is 12.4. The van der Waals surface area contributed by atoms with Crippen molar-refractivity contribution in [2.75, 3.05) is 11.4 Å². The second-order valence-electron chi connectivity index (χ2n) is 9.40. The molecule has 1 atom stereocenters. The number of aryl methyl sites for hydroxylation is 2. The molecule has 1 aliphatic rings. The van der Waals surface area contributed by atoms with Crippen LogP contribution in [0.5, 0.6) is 0 Å². The molecule has 1 aliphatic heterocycles. The second kappa shape index (κ2) is 10.9. The molecule has 0 saturated carbocycles. The Morgan fingerprint density at radius 3 is 2.47 bits per heavy atom. The number of halogens is 1. The molecular formula is C31H27ClN2O3S. The number of rotatable bonds is 6. The molecule has 0 spiro atoms. The molecule has 4 aromatic rings. The lowest BCUT2D eigenvalue weighted by atomic mass is 10.0. The summed E-state index contributed by atoms with van der Waals surface area (Å²) in [6.45, 7) is 4.76. The number of hydrogen-bond donors (Lipinski definition) is 1. The molecule has 7 heteroatoms. The van der Waals surface area contributed by atoms with E-state index < -0.39 is 10.8 Å².